The molecule has 1 N–H and O–H groups in total. The molecule has 0 bridgehead atoms. The van der Waals surface area contributed by atoms with Gasteiger partial charge in [-0.3, -0.25) is 14.1 Å². The summed E-state index contributed by atoms with van der Waals surface area (Å²) >= 11 is 0. The van der Waals surface area contributed by atoms with Gasteiger partial charge in [0.1, 0.15) is 0 Å². The van der Waals surface area contributed by atoms with Gasteiger partial charge in [0.05, 0.1) is 0 Å². The van der Waals surface area contributed by atoms with Crippen molar-refractivity contribution >= 4 is 22.1 Å². The Balaban J connectivity index is 3.11. The normalized spacial score (nSPS) is 18.1. The second-order valence-corrected chi connectivity index (χ2v) is 3.01. The second kappa shape index (κ2) is 2.14. The van der Waals surface area contributed by atoms with Crippen LogP contribution in [0.1, 0.15) is 0 Å². The topological polar surface area (TPSA) is 91.8 Å². The molecule has 1 rings (SSSR count). The van der Waals surface area contributed by atoms with Crippen molar-refractivity contribution < 1.29 is 22.6 Å². The van der Waals surface area contributed by atoms with Crippen LogP contribution >= 0.6 is 0 Å². The number of nitrogens with zero attached hydrogens (tertiary/aromatic N) is 1. The Morgan fingerprint density at radius 1 is 1.18 bits per heavy atom. The van der Waals surface area contributed by atoms with Crippen molar-refractivity contribution in [2.24, 2.45) is 0 Å². The van der Waals surface area contributed by atoms with Crippen LogP contribution in [-0.4, -0.2) is 29.1 Å². The van der Waals surface area contributed by atoms with Gasteiger partial charge in [0.2, 0.25) is 0 Å². The summed E-state index contributed by atoms with van der Waals surface area (Å²) in [5, 5.41) is 0. The fourth-order valence-corrected chi connectivity index (χ4v) is 1.19. The predicted octanol–water partition coefficient (Wildman–Crippen LogP) is -1.29. The average Bonchev–Trinajstić information content (AvgIpc) is 2.08. The standard InChI is InChI=1S/C4H3NO5S/c6-3-1-2-4(7)5(3)11(8,9)10/h1-2H,(H,8,9,10). The summed E-state index contributed by atoms with van der Waals surface area (Å²) in [5.41, 5.74) is 0. The Labute approximate surface area is 62.0 Å². The van der Waals surface area contributed by atoms with E-state index in [9.17, 15) is 18.0 Å². The summed E-state index contributed by atoms with van der Waals surface area (Å²) in [5.74, 6) is -2.12. The Morgan fingerprint density at radius 3 is 1.73 bits per heavy atom. The van der Waals surface area contributed by atoms with Gasteiger partial charge in [-0.15, -0.1) is 4.31 Å². The molecule has 0 unspecified atom stereocenters. The molecular weight excluding hydrogens is 174 g/mol. The molecule has 0 atom stereocenters. The summed E-state index contributed by atoms with van der Waals surface area (Å²) in [6, 6.07) is 0. The number of amides is 2. The quantitative estimate of drug-likeness (QED) is 0.397. The van der Waals surface area contributed by atoms with Gasteiger partial charge in [0.15, 0.2) is 0 Å². The van der Waals surface area contributed by atoms with E-state index >= 15 is 0 Å². The number of hydrogen-bond donors (Lipinski definition) is 1. The molecule has 0 radical (unpaired) electrons. The maximum absolute atomic E-state index is 10.5. The molecular formula is C4H3NO5S. The van der Waals surface area contributed by atoms with E-state index in [0.29, 0.717) is 0 Å². The van der Waals surface area contributed by atoms with Crippen molar-refractivity contribution in [3.63, 3.8) is 0 Å². The first-order valence-electron chi connectivity index (χ1n) is 2.46. The van der Waals surface area contributed by atoms with E-state index in [1.54, 1.807) is 0 Å². The molecule has 0 fully saturated rings. The van der Waals surface area contributed by atoms with Crippen molar-refractivity contribution in [1.29, 1.82) is 0 Å². The van der Waals surface area contributed by atoms with Crippen LogP contribution in [0.25, 0.3) is 0 Å². The third-order valence-corrected chi connectivity index (χ3v) is 1.82. The lowest BCUT2D eigenvalue weighted by atomic mass is 10.6. The Morgan fingerprint density at radius 2 is 1.55 bits per heavy atom. The minimum absolute atomic E-state index is 0.229. The Kier molecular flexibility index (Phi) is 1.53. The van der Waals surface area contributed by atoms with E-state index in [0.717, 1.165) is 12.2 Å². The van der Waals surface area contributed by atoms with Crippen molar-refractivity contribution in [1.82, 2.24) is 4.31 Å². The first kappa shape index (κ1) is 7.89. The molecule has 0 aromatic heterocycles. The van der Waals surface area contributed by atoms with E-state index in [1.807, 2.05) is 0 Å². The molecule has 1 aliphatic rings. The van der Waals surface area contributed by atoms with Crippen LogP contribution in [0.2, 0.25) is 0 Å². The van der Waals surface area contributed by atoms with Crippen molar-refractivity contribution in [3.05, 3.63) is 12.2 Å². The van der Waals surface area contributed by atoms with Gasteiger partial charge in [-0.05, 0) is 0 Å². The highest BCUT2D eigenvalue weighted by molar-refractivity contribution is 7.84. The van der Waals surface area contributed by atoms with Gasteiger partial charge in [0.25, 0.3) is 11.8 Å². The lowest BCUT2D eigenvalue weighted by Crippen LogP contribution is -2.35. The van der Waals surface area contributed by atoms with Crippen molar-refractivity contribution in [2.75, 3.05) is 0 Å². The molecule has 6 nitrogen and oxygen atoms in total. The van der Waals surface area contributed by atoms with Crippen LogP contribution in [0.4, 0.5) is 0 Å². The Hall–Kier alpha value is -1.21. The fourth-order valence-electron chi connectivity index (χ4n) is 0.614. The van der Waals surface area contributed by atoms with Crippen molar-refractivity contribution in [2.45, 2.75) is 0 Å². The predicted molar refractivity (Wildman–Crippen MR) is 32.5 cm³/mol. The Bertz CT molecular complexity index is 321. The lowest BCUT2D eigenvalue weighted by Gasteiger charge is -2.06. The highest BCUT2D eigenvalue weighted by Gasteiger charge is 2.33. The lowest BCUT2D eigenvalue weighted by molar-refractivity contribution is -0.131. The van der Waals surface area contributed by atoms with Gasteiger partial charge in [-0.2, -0.15) is 8.42 Å². The smallest absolute Gasteiger partial charge is 0.269 e. The first-order valence-corrected chi connectivity index (χ1v) is 3.86. The fraction of sp³-hybridized carbons (Fsp3) is 0. The number of imide groups is 1. The summed E-state index contributed by atoms with van der Waals surface area (Å²) in [7, 11) is -4.73. The molecule has 1 aliphatic heterocycles. The van der Waals surface area contributed by atoms with Gasteiger partial charge in [-0.1, -0.05) is 0 Å². The number of hydrogen-bond acceptors (Lipinski definition) is 4. The van der Waals surface area contributed by atoms with Crippen LogP contribution in [0, 0.1) is 0 Å². The highest BCUT2D eigenvalue weighted by Crippen LogP contribution is 2.07. The molecule has 11 heavy (non-hydrogen) atoms. The largest absolute Gasteiger partial charge is 0.369 e. The van der Waals surface area contributed by atoms with Gasteiger partial charge < -0.3 is 0 Å². The molecule has 0 spiro atoms. The highest BCUT2D eigenvalue weighted by atomic mass is 32.2. The average molecular weight is 177 g/mol. The monoisotopic (exact) mass is 177 g/mol. The van der Waals surface area contributed by atoms with Gasteiger partial charge in [-0.25, -0.2) is 0 Å². The zero-order chi connectivity index (χ0) is 8.65. The van der Waals surface area contributed by atoms with Crippen LogP contribution in [0.3, 0.4) is 0 Å². The third kappa shape index (κ3) is 1.28. The summed E-state index contributed by atoms with van der Waals surface area (Å²) in [6.45, 7) is 0. The molecule has 7 heteroatoms. The SMILES string of the molecule is O=C1C=CC(=O)N1S(=O)(=O)O. The minimum Gasteiger partial charge on any atom is -0.269 e. The third-order valence-electron chi connectivity index (χ3n) is 1.000. The molecule has 0 aromatic carbocycles. The van der Waals surface area contributed by atoms with Crippen LogP contribution in [0.15, 0.2) is 12.2 Å². The van der Waals surface area contributed by atoms with Gasteiger partial charge >= 0.3 is 10.3 Å². The zero-order valence-corrected chi connectivity index (χ0v) is 5.91. The summed E-state index contributed by atoms with van der Waals surface area (Å²) < 4.78 is 28.6. The first-order chi connectivity index (χ1) is 4.93. The molecule has 0 aromatic rings. The molecule has 0 saturated heterocycles. The molecule has 0 aliphatic carbocycles. The maximum Gasteiger partial charge on any atom is 0.369 e. The van der Waals surface area contributed by atoms with E-state index in [2.05, 4.69) is 0 Å². The van der Waals surface area contributed by atoms with Crippen molar-refractivity contribution in [3.8, 4) is 0 Å². The van der Waals surface area contributed by atoms with Crippen LogP contribution < -0.4 is 0 Å². The zero-order valence-electron chi connectivity index (χ0n) is 5.09. The van der Waals surface area contributed by atoms with E-state index < -0.39 is 22.1 Å². The van der Waals surface area contributed by atoms with E-state index in [1.165, 1.54) is 0 Å². The molecule has 60 valence electrons. The van der Waals surface area contributed by atoms with Crippen LogP contribution in [-0.2, 0) is 19.9 Å². The van der Waals surface area contributed by atoms with Crippen LogP contribution in [0.5, 0.6) is 0 Å². The minimum atomic E-state index is -4.73. The summed E-state index contributed by atoms with van der Waals surface area (Å²) in [4.78, 5) is 21.0. The molecule has 0 saturated carbocycles. The second-order valence-electron chi connectivity index (χ2n) is 1.75. The molecule has 2 amide bonds. The number of rotatable bonds is 1. The van der Waals surface area contributed by atoms with E-state index in [-0.39, 0.29) is 4.31 Å². The maximum atomic E-state index is 10.5. The van der Waals surface area contributed by atoms with E-state index in [4.69, 9.17) is 4.55 Å². The number of carbonyl (C=O) groups excluding carboxylic acids is 2. The number of carbonyl (C=O) groups is 2. The van der Waals surface area contributed by atoms with Gasteiger partial charge in [0, 0.05) is 12.2 Å². The molecule has 1 heterocycles. The summed E-state index contributed by atoms with van der Waals surface area (Å²) in [6.07, 6.45) is 1.52.